The molecule has 0 aromatic rings. The summed E-state index contributed by atoms with van der Waals surface area (Å²) in [7, 11) is 0. The van der Waals surface area contributed by atoms with Crippen LogP contribution in [0.1, 0.15) is 59.8 Å². The third-order valence-electron chi connectivity index (χ3n) is 2.91. The highest BCUT2D eigenvalue weighted by Gasteiger charge is 2.11. The van der Waals surface area contributed by atoms with E-state index in [0.29, 0.717) is 6.04 Å². The molecule has 1 atom stereocenters. The molecular weight excluding hydrogens is 198 g/mol. The van der Waals surface area contributed by atoms with Gasteiger partial charge in [0.1, 0.15) is 0 Å². The molecule has 2 nitrogen and oxygen atoms in total. The van der Waals surface area contributed by atoms with E-state index in [1.54, 1.807) is 0 Å². The summed E-state index contributed by atoms with van der Waals surface area (Å²) in [4.78, 5) is 0. The highest BCUT2D eigenvalue weighted by Crippen LogP contribution is 2.08. The van der Waals surface area contributed by atoms with E-state index in [1.165, 1.54) is 32.1 Å². The Kier molecular flexibility index (Phi) is 11.3. The first kappa shape index (κ1) is 15.9. The van der Waals surface area contributed by atoms with Gasteiger partial charge in [-0.2, -0.15) is 0 Å². The molecule has 0 rings (SSSR count). The van der Waals surface area contributed by atoms with Gasteiger partial charge >= 0.3 is 0 Å². The summed E-state index contributed by atoms with van der Waals surface area (Å²) >= 11 is 0. The van der Waals surface area contributed by atoms with Crippen LogP contribution in [0, 0.1) is 5.92 Å². The molecule has 0 aromatic carbocycles. The first-order valence-electron chi connectivity index (χ1n) is 7.03. The van der Waals surface area contributed by atoms with Crippen molar-refractivity contribution >= 4 is 0 Å². The molecule has 0 bridgehead atoms. The summed E-state index contributed by atoms with van der Waals surface area (Å²) in [5, 5.41) is 3.62. The SMILES string of the molecule is CCCCOCCCC(NCCC)C(C)C. The third kappa shape index (κ3) is 9.17. The summed E-state index contributed by atoms with van der Waals surface area (Å²) in [6.45, 7) is 12.0. The van der Waals surface area contributed by atoms with Gasteiger partial charge in [-0.25, -0.2) is 0 Å². The molecule has 98 valence electrons. The van der Waals surface area contributed by atoms with Crippen molar-refractivity contribution in [3.05, 3.63) is 0 Å². The van der Waals surface area contributed by atoms with Crippen molar-refractivity contribution in [2.24, 2.45) is 5.92 Å². The zero-order valence-electron chi connectivity index (χ0n) is 11.7. The van der Waals surface area contributed by atoms with Gasteiger partial charge in [-0.3, -0.25) is 0 Å². The van der Waals surface area contributed by atoms with E-state index in [1.807, 2.05) is 0 Å². The molecule has 0 saturated carbocycles. The topological polar surface area (TPSA) is 21.3 Å². The van der Waals surface area contributed by atoms with Gasteiger partial charge in [0.25, 0.3) is 0 Å². The standard InChI is InChI=1S/C14H31NO/c1-5-7-11-16-12-8-9-14(13(3)4)15-10-6-2/h13-15H,5-12H2,1-4H3. The van der Waals surface area contributed by atoms with E-state index in [4.69, 9.17) is 4.74 Å². The van der Waals surface area contributed by atoms with Crippen LogP contribution in [0.15, 0.2) is 0 Å². The highest BCUT2D eigenvalue weighted by molar-refractivity contribution is 4.69. The van der Waals surface area contributed by atoms with Crippen LogP contribution in [-0.4, -0.2) is 25.8 Å². The average molecular weight is 229 g/mol. The Morgan fingerprint density at radius 1 is 1.00 bits per heavy atom. The molecule has 0 aromatic heterocycles. The second-order valence-corrected chi connectivity index (χ2v) is 4.91. The number of ether oxygens (including phenoxy) is 1. The van der Waals surface area contributed by atoms with Crippen LogP contribution in [0.4, 0.5) is 0 Å². The molecule has 1 unspecified atom stereocenters. The lowest BCUT2D eigenvalue weighted by Gasteiger charge is -2.22. The minimum atomic E-state index is 0.662. The first-order valence-corrected chi connectivity index (χ1v) is 7.03. The largest absolute Gasteiger partial charge is 0.381 e. The Labute approximate surface area is 102 Å². The predicted octanol–water partition coefficient (Wildman–Crippen LogP) is 3.61. The zero-order valence-corrected chi connectivity index (χ0v) is 11.7. The molecular formula is C14H31NO. The van der Waals surface area contributed by atoms with Gasteiger partial charge in [-0.05, 0) is 38.1 Å². The van der Waals surface area contributed by atoms with Crippen molar-refractivity contribution in [2.45, 2.75) is 65.8 Å². The van der Waals surface area contributed by atoms with Crippen molar-refractivity contribution in [3.8, 4) is 0 Å². The molecule has 0 aliphatic heterocycles. The number of unbranched alkanes of at least 4 members (excludes halogenated alkanes) is 1. The molecule has 0 radical (unpaired) electrons. The maximum Gasteiger partial charge on any atom is 0.0466 e. The second kappa shape index (κ2) is 11.4. The number of hydrogen-bond donors (Lipinski definition) is 1. The molecule has 0 fully saturated rings. The zero-order chi connectivity index (χ0) is 12.2. The van der Waals surface area contributed by atoms with E-state index < -0.39 is 0 Å². The van der Waals surface area contributed by atoms with Crippen LogP contribution >= 0.6 is 0 Å². The smallest absolute Gasteiger partial charge is 0.0466 e. The molecule has 0 saturated heterocycles. The number of hydrogen-bond acceptors (Lipinski definition) is 2. The molecule has 0 aliphatic rings. The number of rotatable bonds is 11. The fraction of sp³-hybridized carbons (Fsp3) is 1.00. The maximum absolute atomic E-state index is 5.58. The Hall–Kier alpha value is -0.0800. The monoisotopic (exact) mass is 229 g/mol. The van der Waals surface area contributed by atoms with Crippen LogP contribution in [-0.2, 0) is 4.74 Å². The van der Waals surface area contributed by atoms with Gasteiger partial charge in [-0.1, -0.05) is 34.1 Å². The minimum Gasteiger partial charge on any atom is -0.381 e. The summed E-state index contributed by atoms with van der Waals surface area (Å²) in [5.41, 5.74) is 0. The first-order chi connectivity index (χ1) is 7.72. The van der Waals surface area contributed by atoms with E-state index in [0.717, 1.165) is 25.7 Å². The molecule has 0 aliphatic carbocycles. The lowest BCUT2D eigenvalue weighted by Crippen LogP contribution is -2.34. The van der Waals surface area contributed by atoms with E-state index in [9.17, 15) is 0 Å². The molecule has 2 heteroatoms. The van der Waals surface area contributed by atoms with Crippen LogP contribution < -0.4 is 5.32 Å². The van der Waals surface area contributed by atoms with Crippen LogP contribution in [0.25, 0.3) is 0 Å². The fourth-order valence-electron chi connectivity index (χ4n) is 1.75. The Bertz CT molecular complexity index is 137. The predicted molar refractivity (Wildman–Crippen MR) is 71.9 cm³/mol. The molecule has 1 N–H and O–H groups in total. The van der Waals surface area contributed by atoms with Gasteiger partial charge in [0.15, 0.2) is 0 Å². The van der Waals surface area contributed by atoms with Crippen molar-refractivity contribution in [1.82, 2.24) is 5.32 Å². The Morgan fingerprint density at radius 2 is 1.69 bits per heavy atom. The van der Waals surface area contributed by atoms with Crippen molar-refractivity contribution in [1.29, 1.82) is 0 Å². The Balaban J connectivity index is 3.44. The quantitative estimate of drug-likeness (QED) is 0.547. The second-order valence-electron chi connectivity index (χ2n) is 4.91. The van der Waals surface area contributed by atoms with Crippen molar-refractivity contribution in [2.75, 3.05) is 19.8 Å². The van der Waals surface area contributed by atoms with Crippen LogP contribution in [0.5, 0.6) is 0 Å². The van der Waals surface area contributed by atoms with Gasteiger partial charge < -0.3 is 10.1 Å². The lowest BCUT2D eigenvalue weighted by atomic mass is 9.99. The fourth-order valence-corrected chi connectivity index (χ4v) is 1.75. The molecule has 0 amide bonds. The van der Waals surface area contributed by atoms with Crippen molar-refractivity contribution in [3.63, 3.8) is 0 Å². The van der Waals surface area contributed by atoms with E-state index >= 15 is 0 Å². The summed E-state index contributed by atoms with van der Waals surface area (Å²) in [5.74, 6) is 0.724. The molecule has 16 heavy (non-hydrogen) atoms. The third-order valence-corrected chi connectivity index (χ3v) is 2.91. The lowest BCUT2D eigenvalue weighted by molar-refractivity contribution is 0.123. The van der Waals surface area contributed by atoms with E-state index in [-0.39, 0.29) is 0 Å². The van der Waals surface area contributed by atoms with Crippen molar-refractivity contribution < 1.29 is 4.74 Å². The van der Waals surface area contributed by atoms with Gasteiger partial charge in [0.05, 0.1) is 0 Å². The molecule has 0 heterocycles. The Morgan fingerprint density at radius 3 is 2.25 bits per heavy atom. The summed E-state index contributed by atoms with van der Waals surface area (Å²) in [6.07, 6.45) is 6.07. The average Bonchev–Trinajstić information content (AvgIpc) is 2.26. The minimum absolute atomic E-state index is 0.662. The maximum atomic E-state index is 5.58. The van der Waals surface area contributed by atoms with Crippen LogP contribution in [0.3, 0.4) is 0 Å². The van der Waals surface area contributed by atoms with E-state index in [2.05, 4.69) is 33.0 Å². The summed E-state index contributed by atoms with van der Waals surface area (Å²) < 4.78 is 5.58. The van der Waals surface area contributed by atoms with Gasteiger partial charge in [0, 0.05) is 19.3 Å². The highest BCUT2D eigenvalue weighted by atomic mass is 16.5. The van der Waals surface area contributed by atoms with Crippen LogP contribution in [0.2, 0.25) is 0 Å². The normalized spacial score (nSPS) is 13.3. The summed E-state index contributed by atoms with van der Waals surface area (Å²) in [6, 6.07) is 0.662. The molecule has 0 spiro atoms. The number of nitrogens with one attached hydrogen (secondary N) is 1. The van der Waals surface area contributed by atoms with Gasteiger partial charge in [0.2, 0.25) is 0 Å². The van der Waals surface area contributed by atoms with Gasteiger partial charge in [-0.15, -0.1) is 0 Å².